The predicted molar refractivity (Wildman–Crippen MR) is 296 cm³/mol. The molecule has 1 amide bonds. The summed E-state index contributed by atoms with van der Waals surface area (Å²) in [4.78, 5) is 26.2. The van der Waals surface area contributed by atoms with Crippen molar-refractivity contribution in [3.63, 3.8) is 0 Å². The molecule has 0 saturated carbocycles. The van der Waals surface area contributed by atoms with Gasteiger partial charge >= 0.3 is 5.97 Å². The fourth-order valence-corrected chi connectivity index (χ4v) is 8.49. The smallest absolute Gasteiger partial charge is 0.306 e. The molecule has 0 aromatic heterocycles. The maximum absolute atomic E-state index is 13.2. The minimum atomic E-state index is -0.812. The zero-order valence-corrected chi connectivity index (χ0v) is 44.7. The first-order valence-electron chi connectivity index (χ1n) is 28.9. The van der Waals surface area contributed by atoms with Crippen molar-refractivity contribution in [2.45, 2.75) is 289 Å². The van der Waals surface area contributed by atoms with E-state index in [0.29, 0.717) is 19.3 Å². The van der Waals surface area contributed by atoms with Gasteiger partial charge in [0.1, 0.15) is 6.10 Å². The molecule has 0 radical (unpaired) electrons. The Balaban J connectivity index is 4.57. The van der Waals surface area contributed by atoms with Gasteiger partial charge in [-0.2, -0.15) is 0 Å². The highest BCUT2D eigenvalue weighted by atomic mass is 16.5. The van der Waals surface area contributed by atoms with Gasteiger partial charge in [-0.1, -0.05) is 273 Å². The molecule has 6 nitrogen and oxygen atoms in total. The quantitative estimate of drug-likeness (QED) is 0.0244. The van der Waals surface area contributed by atoms with Crippen LogP contribution < -0.4 is 5.32 Å². The van der Waals surface area contributed by atoms with Gasteiger partial charge in [0.15, 0.2) is 0 Å². The molecule has 3 atom stereocenters. The summed E-state index contributed by atoms with van der Waals surface area (Å²) < 4.78 is 5.92. The van der Waals surface area contributed by atoms with Crippen molar-refractivity contribution in [1.82, 2.24) is 5.32 Å². The Kier molecular flexibility index (Phi) is 52.6. The number of unbranched alkanes of at least 4 members (excludes halogenated alkanes) is 29. The topological polar surface area (TPSA) is 95.9 Å². The van der Waals surface area contributed by atoms with Gasteiger partial charge in [0.05, 0.1) is 25.2 Å². The van der Waals surface area contributed by atoms with Crippen molar-refractivity contribution >= 4 is 11.9 Å². The first-order chi connectivity index (χ1) is 33.5. The van der Waals surface area contributed by atoms with Crippen LogP contribution in [-0.4, -0.2) is 46.9 Å². The van der Waals surface area contributed by atoms with Crippen LogP contribution in [0.5, 0.6) is 0 Å². The molecule has 0 aliphatic carbocycles. The number of aliphatic hydroxyl groups is 2. The average Bonchev–Trinajstić information content (AvgIpc) is 3.33. The third-order valence-electron chi connectivity index (χ3n) is 12.8. The van der Waals surface area contributed by atoms with Gasteiger partial charge in [-0.25, -0.2) is 0 Å². The van der Waals surface area contributed by atoms with E-state index >= 15 is 0 Å². The van der Waals surface area contributed by atoms with E-state index in [9.17, 15) is 19.8 Å². The summed E-state index contributed by atoms with van der Waals surface area (Å²) in [6.07, 6.45) is 72.3. The van der Waals surface area contributed by atoms with Crippen LogP contribution in [0.25, 0.3) is 0 Å². The highest BCUT2D eigenvalue weighted by molar-refractivity contribution is 5.77. The number of hydrogen-bond acceptors (Lipinski definition) is 5. The molecule has 0 aromatic carbocycles. The molecular weight excluding hydrogens is 839 g/mol. The molecule has 3 N–H and O–H groups in total. The summed E-state index contributed by atoms with van der Waals surface area (Å²) in [6, 6.07) is -0.730. The largest absolute Gasteiger partial charge is 0.462 e. The number of hydrogen-bond donors (Lipinski definition) is 3. The summed E-state index contributed by atoms with van der Waals surface area (Å²) in [7, 11) is 0. The van der Waals surface area contributed by atoms with Gasteiger partial charge in [-0.05, 0) is 70.6 Å². The van der Waals surface area contributed by atoms with Crippen LogP contribution >= 0.6 is 0 Å². The van der Waals surface area contributed by atoms with Crippen LogP contribution in [0.2, 0.25) is 0 Å². The fraction of sp³-hybridized carbons (Fsp3) is 0.742. The number of aliphatic hydroxyl groups excluding tert-OH is 2. The number of carbonyl (C=O) groups excluding carboxylic acids is 2. The number of allylic oxidation sites excluding steroid dienone is 14. The average molecular weight is 949 g/mol. The summed E-state index contributed by atoms with van der Waals surface area (Å²) in [5, 5.41) is 23.9. The number of esters is 1. The second-order valence-electron chi connectivity index (χ2n) is 19.4. The summed E-state index contributed by atoms with van der Waals surface area (Å²) in [6.45, 7) is 6.31. The Morgan fingerprint density at radius 3 is 1.37 bits per heavy atom. The van der Waals surface area contributed by atoms with Crippen molar-refractivity contribution in [3.8, 4) is 0 Å². The van der Waals surface area contributed by atoms with Crippen molar-refractivity contribution in [3.05, 3.63) is 85.1 Å². The third-order valence-corrected chi connectivity index (χ3v) is 12.8. The molecule has 0 heterocycles. The van der Waals surface area contributed by atoms with E-state index in [4.69, 9.17) is 4.74 Å². The van der Waals surface area contributed by atoms with Crippen LogP contribution in [-0.2, 0) is 14.3 Å². The van der Waals surface area contributed by atoms with Crippen LogP contribution in [0.3, 0.4) is 0 Å². The van der Waals surface area contributed by atoms with Gasteiger partial charge in [0.25, 0.3) is 0 Å². The predicted octanol–water partition coefficient (Wildman–Crippen LogP) is 17.9. The molecule has 0 spiro atoms. The lowest BCUT2D eigenvalue weighted by Crippen LogP contribution is -2.46. The SMILES string of the molecule is CC/C=C/C=C/C=C\C=C/C=C/CCCC(CC(=O)NC(CO)C(O)CCCCCCCCCCCCCCCCCCC)OC(=O)CCCCCCCCCCC/C=C\C/C=C\CCCCC. The first kappa shape index (κ1) is 65.0. The number of amides is 1. The molecule has 0 aliphatic heterocycles. The lowest BCUT2D eigenvalue weighted by atomic mass is 10.0. The normalized spacial score (nSPS) is 13.8. The van der Waals surface area contributed by atoms with Gasteiger partial charge in [0, 0.05) is 6.42 Å². The van der Waals surface area contributed by atoms with E-state index in [1.54, 1.807) is 0 Å². The Hall–Kier alpha value is -2.96. The molecule has 68 heavy (non-hydrogen) atoms. The van der Waals surface area contributed by atoms with Gasteiger partial charge < -0.3 is 20.3 Å². The van der Waals surface area contributed by atoms with Crippen molar-refractivity contribution < 1.29 is 24.5 Å². The Morgan fingerprint density at radius 2 is 0.868 bits per heavy atom. The summed E-state index contributed by atoms with van der Waals surface area (Å²) >= 11 is 0. The zero-order chi connectivity index (χ0) is 49.5. The lowest BCUT2D eigenvalue weighted by molar-refractivity contribution is -0.151. The van der Waals surface area contributed by atoms with E-state index < -0.39 is 18.2 Å². The Morgan fingerprint density at radius 1 is 0.456 bits per heavy atom. The zero-order valence-electron chi connectivity index (χ0n) is 44.7. The highest BCUT2D eigenvalue weighted by Crippen LogP contribution is 2.18. The van der Waals surface area contributed by atoms with E-state index in [1.807, 2.05) is 48.6 Å². The second kappa shape index (κ2) is 55.0. The van der Waals surface area contributed by atoms with Crippen LogP contribution in [0.15, 0.2) is 85.1 Å². The number of carbonyl (C=O) groups is 2. The Bertz CT molecular complexity index is 1290. The van der Waals surface area contributed by atoms with E-state index in [2.05, 4.69) is 62.5 Å². The molecule has 0 aromatic rings. The first-order valence-corrected chi connectivity index (χ1v) is 28.9. The standard InChI is InChI=1S/C62H109NO5/c1-4-7-10-13-16-19-22-25-27-29-30-32-34-37-40-43-46-49-52-55-62(67)68-58(53-50-47-44-41-38-35-24-21-18-15-12-9-6-3)56-61(66)63-59(57-64)60(65)54-51-48-45-42-39-36-33-31-28-26-23-20-17-14-11-8-5-2/h9,12,15-16,18-19,21,24-25,27,35,38,41,44,58-60,64-65H,4-8,10-11,13-14,17,20,22-23,26,28-34,36-37,39-40,42-43,45-57H2,1-3H3,(H,63,66)/b12-9+,18-15+,19-16-,24-21-,27-25-,38-35-,44-41+. The van der Waals surface area contributed by atoms with Crippen LogP contribution in [0, 0.1) is 0 Å². The summed E-state index contributed by atoms with van der Waals surface area (Å²) in [5.41, 5.74) is 0. The van der Waals surface area contributed by atoms with Crippen molar-refractivity contribution in [2.75, 3.05) is 6.61 Å². The molecule has 3 unspecified atom stereocenters. The van der Waals surface area contributed by atoms with Crippen molar-refractivity contribution in [1.29, 1.82) is 0 Å². The number of rotatable bonds is 51. The maximum Gasteiger partial charge on any atom is 0.306 e. The third kappa shape index (κ3) is 49.5. The number of ether oxygens (including phenoxy) is 1. The molecule has 0 bridgehead atoms. The minimum absolute atomic E-state index is 0.0241. The van der Waals surface area contributed by atoms with Crippen molar-refractivity contribution in [2.24, 2.45) is 0 Å². The fourth-order valence-electron chi connectivity index (χ4n) is 8.49. The molecular formula is C62H109NO5. The lowest BCUT2D eigenvalue weighted by Gasteiger charge is -2.24. The molecule has 0 saturated heterocycles. The molecule has 392 valence electrons. The summed E-state index contributed by atoms with van der Waals surface area (Å²) in [5.74, 6) is -0.549. The highest BCUT2D eigenvalue weighted by Gasteiger charge is 2.24. The minimum Gasteiger partial charge on any atom is -0.462 e. The number of nitrogens with one attached hydrogen (secondary N) is 1. The van der Waals surface area contributed by atoms with E-state index in [0.717, 1.165) is 64.2 Å². The van der Waals surface area contributed by atoms with E-state index in [1.165, 1.54) is 161 Å². The second-order valence-corrected chi connectivity index (χ2v) is 19.4. The molecule has 0 rings (SSSR count). The van der Waals surface area contributed by atoms with Crippen LogP contribution in [0.1, 0.15) is 271 Å². The maximum atomic E-state index is 13.2. The monoisotopic (exact) mass is 948 g/mol. The van der Waals surface area contributed by atoms with Gasteiger partial charge in [0.2, 0.25) is 5.91 Å². The van der Waals surface area contributed by atoms with Crippen LogP contribution in [0.4, 0.5) is 0 Å². The molecule has 6 heteroatoms. The van der Waals surface area contributed by atoms with E-state index in [-0.39, 0.29) is 24.9 Å². The van der Waals surface area contributed by atoms with Gasteiger partial charge in [-0.15, -0.1) is 0 Å². The Labute approximate surface area is 421 Å². The van der Waals surface area contributed by atoms with Gasteiger partial charge in [-0.3, -0.25) is 9.59 Å². The molecule has 0 aliphatic rings. The molecule has 0 fully saturated rings.